The Labute approximate surface area is 207 Å². The summed E-state index contributed by atoms with van der Waals surface area (Å²) >= 11 is 6.13. The monoisotopic (exact) mass is 486 g/mol. The molecule has 35 heavy (non-hydrogen) atoms. The van der Waals surface area contributed by atoms with Gasteiger partial charge >= 0.3 is 0 Å². The van der Waals surface area contributed by atoms with E-state index in [1.54, 1.807) is 6.20 Å². The van der Waals surface area contributed by atoms with Crippen molar-refractivity contribution in [1.82, 2.24) is 19.9 Å². The summed E-state index contributed by atoms with van der Waals surface area (Å²) < 4.78 is 16.2. The van der Waals surface area contributed by atoms with E-state index in [1.807, 2.05) is 30.3 Å². The predicted octanol–water partition coefficient (Wildman–Crippen LogP) is 7.27. The van der Waals surface area contributed by atoms with Crippen LogP contribution in [0.5, 0.6) is 0 Å². The molecule has 4 aromatic rings. The van der Waals surface area contributed by atoms with Gasteiger partial charge in [0.15, 0.2) is 17.3 Å². The number of hydrogen-bond donors (Lipinski definition) is 2. The van der Waals surface area contributed by atoms with Gasteiger partial charge < -0.3 is 10.3 Å². The fourth-order valence-corrected chi connectivity index (χ4v) is 6.16. The number of hydrogen-bond acceptors (Lipinski definition) is 4. The molecule has 0 spiro atoms. The van der Waals surface area contributed by atoms with E-state index in [1.165, 1.54) is 19.0 Å². The van der Waals surface area contributed by atoms with Crippen LogP contribution in [0.25, 0.3) is 38.4 Å². The van der Waals surface area contributed by atoms with Gasteiger partial charge in [0, 0.05) is 23.4 Å². The molecule has 3 fully saturated rings. The van der Waals surface area contributed by atoms with Crippen molar-refractivity contribution in [3.8, 4) is 22.4 Å². The number of benzene rings is 1. The SMILES string of the molecule is [C-]#[N+]c1c(-c2c[nH]c3ncc(Cl)nc23)nc(N[C@H]2C3CCC(CC3)[C@@H]2C)c(F)c1-c1ccccc1. The average Bonchev–Trinajstić information content (AvgIpc) is 3.30. The lowest BCUT2D eigenvalue weighted by Gasteiger charge is -2.47. The van der Waals surface area contributed by atoms with E-state index in [0.29, 0.717) is 45.7 Å². The molecular weight excluding hydrogens is 463 g/mol. The van der Waals surface area contributed by atoms with E-state index in [0.717, 1.165) is 12.8 Å². The summed E-state index contributed by atoms with van der Waals surface area (Å²) in [7, 11) is 0. The predicted molar refractivity (Wildman–Crippen MR) is 136 cm³/mol. The van der Waals surface area contributed by atoms with Crippen molar-refractivity contribution in [1.29, 1.82) is 0 Å². The molecule has 0 saturated heterocycles. The van der Waals surface area contributed by atoms with Crippen LogP contribution in [0.15, 0.2) is 42.7 Å². The van der Waals surface area contributed by atoms with Gasteiger partial charge in [-0.25, -0.2) is 24.2 Å². The highest BCUT2D eigenvalue weighted by molar-refractivity contribution is 6.29. The summed E-state index contributed by atoms with van der Waals surface area (Å²) in [5.74, 6) is 1.27. The van der Waals surface area contributed by atoms with Crippen molar-refractivity contribution in [2.24, 2.45) is 17.8 Å². The minimum atomic E-state index is -0.497. The number of rotatable bonds is 4. The molecule has 0 radical (unpaired) electrons. The number of H-pyrrole nitrogens is 1. The number of nitrogens with one attached hydrogen (secondary N) is 2. The molecule has 2 N–H and O–H groups in total. The number of aromatic nitrogens is 4. The summed E-state index contributed by atoms with van der Waals surface area (Å²) in [5.41, 5.74) is 2.96. The number of anilines is 1. The number of halogens is 2. The van der Waals surface area contributed by atoms with Gasteiger partial charge in [-0.2, -0.15) is 0 Å². The largest absolute Gasteiger partial charge is 0.364 e. The van der Waals surface area contributed by atoms with Crippen LogP contribution in [0.3, 0.4) is 0 Å². The van der Waals surface area contributed by atoms with Crippen LogP contribution in [0.4, 0.5) is 15.9 Å². The first-order chi connectivity index (χ1) is 17.0. The molecule has 0 unspecified atom stereocenters. The Morgan fingerprint density at radius 3 is 2.57 bits per heavy atom. The Morgan fingerprint density at radius 1 is 1.11 bits per heavy atom. The molecule has 8 heteroatoms. The van der Waals surface area contributed by atoms with Crippen molar-refractivity contribution >= 4 is 34.3 Å². The second kappa shape index (κ2) is 8.62. The van der Waals surface area contributed by atoms with Crippen LogP contribution in [0.2, 0.25) is 5.15 Å². The second-order valence-corrected chi connectivity index (χ2v) is 10.0. The van der Waals surface area contributed by atoms with Crippen LogP contribution in [0, 0.1) is 30.1 Å². The first-order valence-corrected chi connectivity index (χ1v) is 12.4. The number of pyridine rings is 1. The average molecular weight is 487 g/mol. The lowest BCUT2D eigenvalue weighted by atomic mass is 9.62. The molecule has 3 aromatic heterocycles. The van der Waals surface area contributed by atoms with Crippen molar-refractivity contribution in [3.05, 3.63) is 65.1 Å². The topological polar surface area (TPSA) is 70.8 Å². The summed E-state index contributed by atoms with van der Waals surface area (Å²) in [6.45, 7) is 10.2. The maximum Gasteiger partial charge on any atom is 0.223 e. The lowest BCUT2D eigenvalue weighted by Crippen LogP contribution is -2.47. The quantitative estimate of drug-likeness (QED) is 0.297. The maximum absolute atomic E-state index is 16.2. The highest BCUT2D eigenvalue weighted by Gasteiger charge is 2.42. The first kappa shape index (κ1) is 22.0. The smallest absolute Gasteiger partial charge is 0.223 e. The lowest BCUT2D eigenvalue weighted by molar-refractivity contribution is 0.0926. The van der Waals surface area contributed by atoms with Gasteiger partial charge in [0.1, 0.15) is 10.7 Å². The molecule has 6 nitrogen and oxygen atoms in total. The molecule has 3 aliphatic rings. The molecule has 3 aliphatic carbocycles. The molecule has 3 saturated carbocycles. The Hall–Kier alpha value is -3.50. The van der Waals surface area contributed by atoms with Gasteiger partial charge in [-0.05, 0) is 49.0 Å². The third-order valence-corrected chi connectivity index (χ3v) is 8.01. The van der Waals surface area contributed by atoms with Crippen LogP contribution in [-0.4, -0.2) is 26.0 Å². The zero-order valence-electron chi connectivity index (χ0n) is 19.2. The van der Waals surface area contributed by atoms with Gasteiger partial charge in [0.25, 0.3) is 0 Å². The van der Waals surface area contributed by atoms with E-state index < -0.39 is 5.82 Å². The number of fused-ring (bicyclic) bond motifs is 4. The Morgan fingerprint density at radius 2 is 1.86 bits per heavy atom. The van der Waals surface area contributed by atoms with Crippen LogP contribution < -0.4 is 5.32 Å². The normalized spacial score (nSPS) is 23.4. The van der Waals surface area contributed by atoms with E-state index in [9.17, 15) is 0 Å². The molecule has 2 bridgehead atoms. The third-order valence-electron chi connectivity index (χ3n) is 7.83. The molecule has 0 aliphatic heterocycles. The van der Waals surface area contributed by atoms with Crippen LogP contribution >= 0.6 is 11.6 Å². The minimum Gasteiger partial charge on any atom is -0.364 e. The minimum absolute atomic E-state index is 0.139. The fraction of sp³-hybridized carbons (Fsp3) is 0.333. The maximum atomic E-state index is 16.2. The number of nitrogens with zero attached hydrogens (tertiary/aromatic N) is 4. The fourth-order valence-electron chi connectivity index (χ4n) is 6.03. The highest BCUT2D eigenvalue weighted by atomic mass is 35.5. The van der Waals surface area contributed by atoms with Crippen LogP contribution in [-0.2, 0) is 0 Å². The molecular formula is C27H24ClFN6. The molecule has 3 heterocycles. The van der Waals surface area contributed by atoms with Gasteiger partial charge in [-0.1, -0.05) is 48.9 Å². The van der Waals surface area contributed by atoms with Gasteiger partial charge in [-0.15, -0.1) is 0 Å². The summed E-state index contributed by atoms with van der Waals surface area (Å²) in [4.78, 5) is 20.3. The van der Waals surface area contributed by atoms with Crippen LogP contribution in [0.1, 0.15) is 32.6 Å². The van der Waals surface area contributed by atoms with Gasteiger partial charge in [0.2, 0.25) is 5.69 Å². The molecule has 7 rings (SSSR count). The molecule has 0 amide bonds. The standard InChI is InChI=1S/C27H24ClFN6/c1-14-15-8-10-17(11-9-15)22(14)34-26-21(29)20(16-6-4-3-5-7-16)25(30-2)23(35-26)18-12-31-27-24(18)33-19(28)13-32-27/h3-7,12-15,17,22H,8-11H2,1H3,(H,31,32)(H,34,35)/t14-,15?,17?,22+/m0/s1. The van der Waals surface area contributed by atoms with Crippen molar-refractivity contribution in [2.75, 3.05) is 5.32 Å². The van der Waals surface area contributed by atoms with E-state index in [2.05, 4.69) is 32.0 Å². The van der Waals surface area contributed by atoms with Crippen molar-refractivity contribution in [3.63, 3.8) is 0 Å². The van der Waals surface area contributed by atoms with E-state index in [4.69, 9.17) is 23.2 Å². The van der Waals surface area contributed by atoms with Crippen molar-refractivity contribution < 1.29 is 4.39 Å². The summed E-state index contributed by atoms with van der Waals surface area (Å²) in [5, 5.41) is 3.73. The zero-order chi connectivity index (χ0) is 24.1. The van der Waals surface area contributed by atoms with E-state index >= 15 is 4.39 Å². The second-order valence-electron chi connectivity index (χ2n) is 9.62. The number of aromatic amines is 1. The molecule has 176 valence electrons. The van der Waals surface area contributed by atoms with Gasteiger partial charge in [-0.3, -0.25) is 0 Å². The zero-order valence-corrected chi connectivity index (χ0v) is 20.0. The van der Waals surface area contributed by atoms with Crippen molar-refractivity contribution in [2.45, 2.75) is 38.6 Å². The Balaban J connectivity index is 1.57. The Bertz CT molecular complexity index is 1450. The third kappa shape index (κ3) is 3.64. The van der Waals surface area contributed by atoms with E-state index in [-0.39, 0.29) is 28.3 Å². The summed E-state index contributed by atoms with van der Waals surface area (Å²) in [6, 6.07) is 9.34. The molecule has 2 atom stereocenters. The summed E-state index contributed by atoms with van der Waals surface area (Å²) in [6.07, 6.45) is 7.96. The highest BCUT2D eigenvalue weighted by Crippen LogP contribution is 2.48. The Kier molecular flexibility index (Phi) is 5.42. The molecule has 1 aromatic carbocycles. The van der Waals surface area contributed by atoms with Gasteiger partial charge in [0.05, 0.1) is 18.5 Å². The first-order valence-electron chi connectivity index (χ1n) is 12.0.